The molecule has 0 aromatic carbocycles. The molecule has 2 atom stereocenters. The number of rotatable bonds is 4. The molecule has 1 amide bonds. The van der Waals surface area contributed by atoms with E-state index in [1.165, 1.54) is 12.0 Å². The number of hydrogen-bond acceptors (Lipinski definition) is 5. The first kappa shape index (κ1) is 16.4. The van der Waals surface area contributed by atoms with Crippen LogP contribution in [0.4, 0.5) is 0 Å². The number of carbonyl (C=O) groups is 3. The van der Waals surface area contributed by atoms with Crippen molar-refractivity contribution in [3.05, 3.63) is 0 Å². The van der Waals surface area contributed by atoms with E-state index < -0.39 is 35.3 Å². The third-order valence-corrected chi connectivity index (χ3v) is 3.05. The van der Waals surface area contributed by atoms with Crippen LogP contribution in [0.25, 0.3) is 0 Å². The van der Waals surface area contributed by atoms with E-state index >= 15 is 0 Å². The summed E-state index contributed by atoms with van der Waals surface area (Å²) in [5, 5.41) is 12.5. The minimum atomic E-state index is -1.10. The van der Waals surface area contributed by atoms with Crippen molar-refractivity contribution in [3.8, 4) is 0 Å². The van der Waals surface area contributed by atoms with Crippen molar-refractivity contribution in [1.82, 2.24) is 10.4 Å². The fraction of sp³-hybridized carbons (Fsp3) is 0.769. The number of carbonyl (C=O) groups excluding carboxylic acids is 2. The molecular weight excluding hydrogens is 264 g/mol. The highest BCUT2D eigenvalue weighted by Gasteiger charge is 2.37. The summed E-state index contributed by atoms with van der Waals surface area (Å²) in [6, 6.07) is -1.59. The summed E-state index contributed by atoms with van der Waals surface area (Å²) in [6.07, 6.45) is 1.26. The summed E-state index contributed by atoms with van der Waals surface area (Å²) in [5.41, 5.74) is -0.655. The van der Waals surface area contributed by atoms with Gasteiger partial charge in [0.1, 0.15) is 12.1 Å². The Morgan fingerprint density at radius 2 is 1.95 bits per heavy atom. The first-order valence-electron chi connectivity index (χ1n) is 6.65. The lowest BCUT2D eigenvalue weighted by molar-refractivity contribution is -0.204. The van der Waals surface area contributed by atoms with Gasteiger partial charge in [-0.3, -0.25) is 9.59 Å². The molecule has 7 heteroatoms. The Balaban J connectivity index is 2.63. The molecule has 0 spiro atoms. The second-order valence-corrected chi connectivity index (χ2v) is 6.00. The molecule has 1 aliphatic rings. The summed E-state index contributed by atoms with van der Waals surface area (Å²) >= 11 is 0. The number of nitrogens with zero attached hydrogens (tertiary/aromatic N) is 1. The van der Waals surface area contributed by atoms with Gasteiger partial charge in [-0.1, -0.05) is 0 Å². The highest BCUT2D eigenvalue weighted by atomic mass is 16.7. The standard InChI is InChI=1S/C13H22N2O5/c1-8(11(17)18)14-10(16)9-6-5-7-15(9)20-12(19)13(2,3)4/h8-9H,5-7H2,1-4H3,(H,14,16)(H,17,18). The Labute approximate surface area is 118 Å². The van der Waals surface area contributed by atoms with Crippen LogP contribution >= 0.6 is 0 Å². The molecule has 7 nitrogen and oxygen atoms in total. The van der Waals surface area contributed by atoms with Gasteiger partial charge in [-0.2, -0.15) is 0 Å². The largest absolute Gasteiger partial charge is 0.480 e. The lowest BCUT2D eigenvalue weighted by atomic mass is 9.98. The van der Waals surface area contributed by atoms with E-state index in [1.807, 2.05) is 0 Å². The Hall–Kier alpha value is -1.63. The normalized spacial score (nSPS) is 21.3. The number of hydroxylamine groups is 2. The van der Waals surface area contributed by atoms with Crippen molar-refractivity contribution >= 4 is 17.8 Å². The molecule has 1 fully saturated rings. The third-order valence-electron chi connectivity index (χ3n) is 3.05. The smallest absolute Gasteiger partial charge is 0.330 e. The zero-order valence-electron chi connectivity index (χ0n) is 12.3. The molecule has 0 bridgehead atoms. The molecule has 114 valence electrons. The van der Waals surface area contributed by atoms with Crippen LogP contribution in [0, 0.1) is 5.41 Å². The first-order chi connectivity index (χ1) is 9.12. The van der Waals surface area contributed by atoms with Crippen LogP contribution in [0.2, 0.25) is 0 Å². The van der Waals surface area contributed by atoms with Crippen LogP contribution < -0.4 is 5.32 Å². The summed E-state index contributed by atoms with van der Waals surface area (Å²) < 4.78 is 0. The van der Waals surface area contributed by atoms with Gasteiger partial charge in [-0.05, 0) is 40.5 Å². The van der Waals surface area contributed by atoms with E-state index in [2.05, 4.69) is 5.32 Å². The second kappa shape index (κ2) is 6.21. The monoisotopic (exact) mass is 286 g/mol. The Kier molecular flexibility index (Phi) is 5.10. The van der Waals surface area contributed by atoms with Crippen molar-refractivity contribution in [2.45, 2.75) is 52.6 Å². The Morgan fingerprint density at radius 3 is 2.45 bits per heavy atom. The molecule has 0 radical (unpaired) electrons. The first-order valence-corrected chi connectivity index (χ1v) is 6.65. The van der Waals surface area contributed by atoms with Gasteiger partial charge in [0.15, 0.2) is 0 Å². The van der Waals surface area contributed by atoms with E-state index in [4.69, 9.17) is 9.94 Å². The van der Waals surface area contributed by atoms with Crippen LogP contribution in [0.15, 0.2) is 0 Å². The van der Waals surface area contributed by atoms with E-state index in [-0.39, 0.29) is 0 Å². The molecular formula is C13H22N2O5. The molecule has 0 aromatic rings. The highest BCUT2D eigenvalue weighted by Crippen LogP contribution is 2.22. The van der Waals surface area contributed by atoms with Crippen LogP contribution in [0.3, 0.4) is 0 Å². The topological polar surface area (TPSA) is 95.9 Å². The van der Waals surface area contributed by atoms with Gasteiger partial charge in [-0.25, -0.2) is 4.79 Å². The van der Waals surface area contributed by atoms with Gasteiger partial charge >= 0.3 is 11.9 Å². The van der Waals surface area contributed by atoms with Crippen molar-refractivity contribution in [1.29, 1.82) is 0 Å². The van der Waals surface area contributed by atoms with Crippen LogP contribution in [-0.2, 0) is 19.2 Å². The summed E-state index contributed by atoms with van der Waals surface area (Å²) in [7, 11) is 0. The van der Waals surface area contributed by atoms with E-state index in [9.17, 15) is 14.4 Å². The van der Waals surface area contributed by atoms with Crippen molar-refractivity contribution in [3.63, 3.8) is 0 Å². The lowest BCUT2D eigenvalue weighted by Crippen LogP contribution is -2.49. The molecule has 0 saturated carbocycles. The average Bonchev–Trinajstić information content (AvgIpc) is 2.75. The summed E-state index contributed by atoms with van der Waals surface area (Å²) in [5.74, 6) is -1.95. The maximum absolute atomic E-state index is 12.0. The molecule has 0 aliphatic carbocycles. The molecule has 0 aromatic heterocycles. The van der Waals surface area contributed by atoms with Crippen molar-refractivity contribution in [2.24, 2.45) is 5.41 Å². The summed E-state index contributed by atoms with van der Waals surface area (Å²) in [6.45, 7) is 7.05. The predicted octanol–water partition coefficient (Wildman–Crippen LogP) is 0.544. The Morgan fingerprint density at radius 1 is 1.35 bits per heavy atom. The van der Waals surface area contributed by atoms with E-state index in [1.54, 1.807) is 20.8 Å². The molecule has 1 saturated heterocycles. The predicted molar refractivity (Wildman–Crippen MR) is 70.5 cm³/mol. The maximum Gasteiger partial charge on any atom is 0.330 e. The number of carboxylic acid groups (broad SMARTS) is 1. The molecule has 2 N–H and O–H groups in total. The van der Waals surface area contributed by atoms with Gasteiger partial charge in [0.2, 0.25) is 5.91 Å². The van der Waals surface area contributed by atoms with Crippen LogP contribution in [0.5, 0.6) is 0 Å². The van der Waals surface area contributed by atoms with Gasteiger partial charge in [-0.15, -0.1) is 5.06 Å². The number of amides is 1. The molecule has 1 rings (SSSR count). The summed E-state index contributed by atoms with van der Waals surface area (Å²) in [4.78, 5) is 39.8. The number of hydrogen-bond donors (Lipinski definition) is 2. The van der Waals surface area contributed by atoms with Crippen LogP contribution in [-0.4, -0.2) is 46.6 Å². The molecule has 1 heterocycles. The second-order valence-electron chi connectivity index (χ2n) is 6.00. The van der Waals surface area contributed by atoms with Gasteiger partial charge in [0, 0.05) is 6.54 Å². The van der Waals surface area contributed by atoms with Gasteiger partial charge in [0.05, 0.1) is 5.41 Å². The zero-order chi connectivity index (χ0) is 15.5. The number of aliphatic carboxylic acids is 1. The average molecular weight is 286 g/mol. The highest BCUT2D eigenvalue weighted by molar-refractivity contribution is 5.87. The lowest BCUT2D eigenvalue weighted by Gasteiger charge is -2.26. The zero-order valence-corrected chi connectivity index (χ0v) is 12.3. The maximum atomic E-state index is 12.0. The van der Waals surface area contributed by atoms with Crippen LogP contribution in [0.1, 0.15) is 40.5 Å². The van der Waals surface area contributed by atoms with Crippen molar-refractivity contribution in [2.75, 3.05) is 6.54 Å². The Bertz CT molecular complexity index is 402. The van der Waals surface area contributed by atoms with Gasteiger partial charge in [0.25, 0.3) is 0 Å². The molecule has 2 unspecified atom stereocenters. The van der Waals surface area contributed by atoms with Gasteiger partial charge < -0.3 is 15.3 Å². The SMILES string of the molecule is CC(NC(=O)C1CCCN1OC(=O)C(C)(C)C)C(=O)O. The number of nitrogens with one attached hydrogen (secondary N) is 1. The minimum absolute atomic E-state index is 0.413. The fourth-order valence-corrected chi connectivity index (χ4v) is 1.73. The fourth-order valence-electron chi connectivity index (χ4n) is 1.73. The quantitative estimate of drug-likeness (QED) is 0.783. The minimum Gasteiger partial charge on any atom is -0.480 e. The van der Waals surface area contributed by atoms with Crippen molar-refractivity contribution < 1.29 is 24.3 Å². The molecule has 20 heavy (non-hydrogen) atoms. The van der Waals surface area contributed by atoms with E-state index in [0.29, 0.717) is 13.0 Å². The van der Waals surface area contributed by atoms with E-state index in [0.717, 1.165) is 6.42 Å². The number of carboxylic acids is 1. The third kappa shape index (κ3) is 4.19. The molecule has 1 aliphatic heterocycles.